The molecule has 6 nitrogen and oxygen atoms in total. The van der Waals surface area contributed by atoms with Crippen LogP contribution in [-0.4, -0.2) is 36.3 Å². The van der Waals surface area contributed by atoms with E-state index in [1.165, 1.54) is 12.7 Å². The van der Waals surface area contributed by atoms with Crippen LogP contribution in [0.4, 0.5) is 10.5 Å². The molecule has 0 bridgehead atoms. The van der Waals surface area contributed by atoms with Crippen LogP contribution in [0.2, 0.25) is 0 Å². The van der Waals surface area contributed by atoms with Gasteiger partial charge in [-0.25, -0.2) is 9.78 Å². The summed E-state index contributed by atoms with van der Waals surface area (Å²) in [5, 5.41) is 0. The predicted octanol–water partition coefficient (Wildman–Crippen LogP) is 2.89. The number of aromatic nitrogens is 2. The highest BCUT2D eigenvalue weighted by atomic mass is 16.5. The molecular formula is C17H19N3O3. The second kappa shape index (κ2) is 5.30. The van der Waals surface area contributed by atoms with Crippen LogP contribution in [0.25, 0.3) is 0 Å². The van der Waals surface area contributed by atoms with Gasteiger partial charge in [0.1, 0.15) is 5.75 Å². The molecule has 23 heavy (non-hydrogen) atoms. The molecule has 1 saturated carbocycles. The Hall–Kier alpha value is -2.50. The van der Waals surface area contributed by atoms with Crippen LogP contribution in [-0.2, 0) is 4.74 Å². The highest BCUT2D eigenvalue weighted by Crippen LogP contribution is 2.64. The zero-order valence-electron chi connectivity index (χ0n) is 13.2. The maximum absolute atomic E-state index is 11.9. The lowest BCUT2D eigenvalue weighted by Gasteiger charge is -2.22. The Kier molecular flexibility index (Phi) is 3.25. The lowest BCUT2D eigenvalue weighted by molar-refractivity contribution is 0.179. The fraction of sp³-hybridized carbons (Fsp3) is 0.412. The smallest absolute Gasteiger partial charge is 0.413 e. The third kappa shape index (κ3) is 2.17. The minimum Gasteiger partial charge on any atom is -0.493 e. The van der Waals surface area contributed by atoms with Gasteiger partial charge in [-0.1, -0.05) is 0 Å². The maximum atomic E-state index is 11.9. The zero-order valence-corrected chi connectivity index (χ0v) is 13.2. The highest BCUT2D eigenvalue weighted by molar-refractivity contribution is 5.87. The summed E-state index contributed by atoms with van der Waals surface area (Å²) in [7, 11) is 1.40. The van der Waals surface area contributed by atoms with Crippen molar-refractivity contribution < 1.29 is 14.3 Å². The minimum absolute atomic E-state index is 0.346. The summed E-state index contributed by atoms with van der Waals surface area (Å²) >= 11 is 0. The van der Waals surface area contributed by atoms with E-state index in [1.807, 2.05) is 25.3 Å². The molecular weight excluding hydrogens is 294 g/mol. The number of benzene rings is 1. The van der Waals surface area contributed by atoms with E-state index in [4.69, 9.17) is 9.47 Å². The van der Waals surface area contributed by atoms with E-state index in [9.17, 15) is 4.79 Å². The number of H-pyrrole nitrogens is 1. The number of hydrogen-bond acceptors (Lipinski definition) is 4. The lowest BCUT2D eigenvalue weighted by Crippen LogP contribution is -2.30. The normalized spacial score (nSPS) is 24.2. The number of ether oxygens (including phenoxy) is 2. The van der Waals surface area contributed by atoms with Crippen molar-refractivity contribution in [1.82, 2.24) is 9.97 Å². The molecule has 0 unspecified atom stereocenters. The first-order chi connectivity index (χ1) is 11.2. The van der Waals surface area contributed by atoms with E-state index in [-0.39, 0.29) is 6.09 Å². The lowest BCUT2D eigenvalue weighted by atomic mass is 10.0. The van der Waals surface area contributed by atoms with Gasteiger partial charge in [-0.3, -0.25) is 4.90 Å². The fourth-order valence-electron chi connectivity index (χ4n) is 3.69. The molecule has 1 aromatic heterocycles. The summed E-state index contributed by atoms with van der Waals surface area (Å²) in [6.45, 7) is 3.22. The zero-order chi connectivity index (χ0) is 16.0. The summed E-state index contributed by atoms with van der Waals surface area (Å²) in [6.07, 6.45) is 3.26. The molecule has 0 saturated heterocycles. The fourth-order valence-corrected chi connectivity index (χ4v) is 3.69. The number of amides is 1. The van der Waals surface area contributed by atoms with E-state index in [0.717, 1.165) is 23.7 Å². The van der Waals surface area contributed by atoms with Crippen LogP contribution in [0.1, 0.15) is 30.0 Å². The van der Waals surface area contributed by atoms with Gasteiger partial charge >= 0.3 is 6.09 Å². The molecule has 0 spiro atoms. The topological polar surface area (TPSA) is 67.5 Å². The molecule has 2 aliphatic rings. The molecule has 6 heteroatoms. The van der Waals surface area contributed by atoms with E-state index >= 15 is 0 Å². The molecule has 2 aromatic rings. The maximum Gasteiger partial charge on any atom is 0.413 e. The minimum atomic E-state index is -0.346. The molecule has 1 fully saturated rings. The third-order valence-corrected chi connectivity index (χ3v) is 4.85. The number of nitrogens with zero attached hydrogens (tertiary/aromatic N) is 2. The first-order valence-electron chi connectivity index (χ1n) is 7.85. The first-order valence-corrected chi connectivity index (χ1v) is 7.85. The Morgan fingerprint density at radius 2 is 2.35 bits per heavy atom. The van der Waals surface area contributed by atoms with Crippen molar-refractivity contribution in [3.05, 3.63) is 42.0 Å². The molecule has 0 radical (unpaired) electrons. The average Bonchev–Trinajstić information content (AvgIpc) is 3.08. The van der Waals surface area contributed by atoms with E-state index in [1.54, 1.807) is 11.2 Å². The standard InChI is InChI=1S/C17H19N3O3/c1-3-20(17(21)22-2)10-4-5-14-11(6-10)15-12(8-23-14)16(15)13-7-18-9-19-13/h4-7,9,12,15-16H,3,8H2,1-2H3,(H,18,19)/t12-,15+,16-/m0/s1. The molecule has 2 heterocycles. The number of nitrogens with one attached hydrogen (secondary N) is 1. The number of carbonyl (C=O) groups is 1. The van der Waals surface area contributed by atoms with Gasteiger partial charge in [0.15, 0.2) is 0 Å². The second-order valence-corrected chi connectivity index (χ2v) is 5.97. The first kappa shape index (κ1) is 14.1. The molecule has 3 atom stereocenters. The van der Waals surface area contributed by atoms with Crippen molar-refractivity contribution >= 4 is 11.8 Å². The van der Waals surface area contributed by atoms with Gasteiger partial charge in [-0.2, -0.15) is 0 Å². The number of hydrogen-bond donors (Lipinski definition) is 1. The van der Waals surface area contributed by atoms with Crippen molar-refractivity contribution in [2.24, 2.45) is 5.92 Å². The summed E-state index contributed by atoms with van der Waals surface area (Å²) in [6, 6.07) is 5.92. The van der Waals surface area contributed by atoms with E-state index in [0.29, 0.717) is 24.3 Å². The van der Waals surface area contributed by atoms with Crippen molar-refractivity contribution in [2.75, 3.05) is 25.2 Å². The molecule has 1 amide bonds. The van der Waals surface area contributed by atoms with Crippen LogP contribution >= 0.6 is 0 Å². The highest BCUT2D eigenvalue weighted by Gasteiger charge is 2.56. The number of carbonyl (C=O) groups excluding carboxylic acids is 1. The Morgan fingerprint density at radius 1 is 1.48 bits per heavy atom. The summed E-state index contributed by atoms with van der Waals surface area (Å²) in [5.41, 5.74) is 3.17. The number of fused-ring (bicyclic) bond motifs is 3. The third-order valence-electron chi connectivity index (χ3n) is 4.85. The van der Waals surface area contributed by atoms with Crippen molar-refractivity contribution in [1.29, 1.82) is 0 Å². The van der Waals surface area contributed by atoms with E-state index < -0.39 is 0 Å². The number of anilines is 1. The second-order valence-electron chi connectivity index (χ2n) is 5.97. The SMILES string of the molecule is CCN(C(=O)OC)c1ccc2c(c1)[C@@H]1[C@H](CO2)[C@H]1c1cnc[nH]1. The van der Waals surface area contributed by atoms with Crippen LogP contribution in [0.5, 0.6) is 5.75 Å². The Labute approximate surface area is 134 Å². The predicted molar refractivity (Wildman–Crippen MR) is 84.9 cm³/mol. The number of imidazole rings is 1. The van der Waals surface area contributed by atoms with Gasteiger partial charge in [0.25, 0.3) is 0 Å². The van der Waals surface area contributed by atoms with Gasteiger partial charge in [-0.15, -0.1) is 0 Å². The van der Waals surface area contributed by atoms with Crippen LogP contribution < -0.4 is 9.64 Å². The van der Waals surface area contributed by atoms with Crippen molar-refractivity contribution in [2.45, 2.75) is 18.8 Å². The Bertz CT molecular complexity index is 729. The molecule has 1 aliphatic heterocycles. The summed E-state index contributed by atoms with van der Waals surface area (Å²) < 4.78 is 10.8. The number of methoxy groups -OCH3 is 1. The monoisotopic (exact) mass is 313 g/mol. The Balaban J connectivity index is 1.68. The van der Waals surface area contributed by atoms with Crippen LogP contribution in [0.3, 0.4) is 0 Å². The van der Waals surface area contributed by atoms with Gasteiger partial charge < -0.3 is 14.5 Å². The summed E-state index contributed by atoms with van der Waals surface area (Å²) in [5.74, 6) is 2.24. The summed E-state index contributed by atoms with van der Waals surface area (Å²) in [4.78, 5) is 20.9. The average molecular weight is 313 g/mol. The molecule has 1 aliphatic carbocycles. The van der Waals surface area contributed by atoms with Crippen molar-refractivity contribution in [3.63, 3.8) is 0 Å². The van der Waals surface area contributed by atoms with Crippen LogP contribution in [0, 0.1) is 5.92 Å². The largest absolute Gasteiger partial charge is 0.493 e. The van der Waals surface area contributed by atoms with Crippen LogP contribution in [0.15, 0.2) is 30.7 Å². The molecule has 4 rings (SSSR count). The molecule has 120 valence electrons. The molecule has 1 N–H and O–H groups in total. The number of rotatable bonds is 3. The quantitative estimate of drug-likeness (QED) is 0.946. The van der Waals surface area contributed by atoms with Gasteiger partial charge in [0.2, 0.25) is 0 Å². The van der Waals surface area contributed by atoms with E-state index in [2.05, 4.69) is 16.0 Å². The van der Waals surface area contributed by atoms with Crippen molar-refractivity contribution in [3.8, 4) is 5.75 Å². The van der Waals surface area contributed by atoms with Gasteiger partial charge in [0.05, 0.1) is 20.0 Å². The number of aromatic amines is 1. The van der Waals surface area contributed by atoms with Gasteiger partial charge in [-0.05, 0) is 25.1 Å². The molecule has 1 aromatic carbocycles. The van der Waals surface area contributed by atoms with Gasteiger partial charge in [0, 0.05) is 47.4 Å². The Morgan fingerprint density at radius 3 is 3.04 bits per heavy atom.